The van der Waals surface area contributed by atoms with Crippen LogP contribution in [0.2, 0.25) is 0 Å². The maximum Gasteiger partial charge on any atom is 0.335 e. The van der Waals surface area contributed by atoms with Gasteiger partial charge >= 0.3 is 17.9 Å². The van der Waals surface area contributed by atoms with Crippen LogP contribution in [0.25, 0.3) is 44.8 Å². The first-order chi connectivity index (χ1) is 44.8. The summed E-state index contributed by atoms with van der Waals surface area (Å²) in [6.07, 6.45) is 6.40. The van der Waals surface area contributed by atoms with Crippen LogP contribution < -0.4 is 28.3 Å². The topological polar surface area (TPSA) is 416 Å². The lowest BCUT2D eigenvalue weighted by Crippen LogP contribution is -2.14. The molecule has 0 amide bonds. The molecule has 0 saturated carbocycles. The number of aromatic amines is 2. The van der Waals surface area contributed by atoms with Gasteiger partial charge in [-0.15, -0.1) is 37.4 Å². The highest BCUT2D eigenvalue weighted by molar-refractivity contribution is 8.93. The Balaban J connectivity index is 0.000000196. The molecule has 0 spiro atoms. The molecular formula is C69H70BrN11O13. The Morgan fingerprint density at radius 1 is 0.457 bits per heavy atom. The third-order valence-electron chi connectivity index (χ3n) is 14.9. The van der Waals surface area contributed by atoms with E-state index in [-0.39, 0.29) is 104 Å². The highest BCUT2D eigenvalue weighted by Gasteiger charge is 2.20. The number of carboxylic acid groups (broad SMARTS) is 3. The van der Waals surface area contributed by atoms with Crippen LogP contribution in [0.4, 0.5) is 28.4 Å². The number of nitrogen functional groups attached to an aromatic ring is 1. The van der Waals surface area contributed by atoms with Crippen molar-refractivity contribution in [2.24, 2.45) is 31.9 Å². The average Bonchev–Trinajstić information content (AvgIpc) is 1.59. The summed E-state index contributed by atoms with van der Waals surface area (Å²) in [6.45, 7) is 4.43. The summed E-state index contributed by atoms with van der Waals surface area (Å²) >= 11 is 0. The second-order valence-electron chi connectivity index (χ2n) is 21.2. The minimum Gasteiger partial charge on any atom is -0.505 e. The summed E-state index contributed by atoms with van der Waals surface area (Å²) in [5.74, 6) is -3.45. The lowest BCUT2D eigenvalue weighted by atomic mass is 10.0. The lowest BCUT2D eigenvalue weighted by Gasteiger charge is -2.07. The fourth-order valence-electron chi connectivity index (χ4n) is 10.2. The number of aliphatic hydroxyl groups excluding tert-OH is 2. The number of para-hydroxylation sites is 3. The first kappa shape index (κ1) is 70.4. The summed E-state index contributed by atoms with van der Waals surface area (Å²) in [7, 11) is 0. The first-order valence-electron chi connectivity index (χ1n) is 29.3. The third kappa shape index (κ3) is 16.9. The van der Waals surface area contributed by atoms with Crippen LogP contribution in [0.5, 0.6) is 17.2 Å². The molecule has 2 aliphatic rings. The van der Waals surface area contributed by atoms with E-state index in [0.29, 0.717) is 57.9 Å². The van der Waals surface area contributed by atoms with Gasteiger partial charge in [-0.1, -0.05) is 84.9 Å². The molecule has 486 valence electrons. The Hall–Kier alpha value is -11.1. The van der Waals surface area contributed by atoms with Gasteiger partial charge in [0.1, 0.15) is 17.1 Å². The second-order valence-corrected chi connectivity index (χ2v) is 21.2. The van der Waals surface area contributed by atoms with E-state index >= 15 is 0 Å². The number of nitrogens with two attached hydrogens (primary N) is 3. The number of aryl methyl sites for hydroxylation is 6. The molecule has 0 radical (unpaired) electrons. The molecule has 2 heterocycles. The number of phenols is 3. The normalized spacial score (nSPS) is 11.8. The Kier molecular flexibility index (Phi) is 24.5. The van der Waals surface area contributed by atoms with Gasteiger partial charge < -0.3 is 58.1 Å². The van der Waals surface area contributed by atoms with Crippen molar-refractivity contribution in [2.75, 3.05) is 32.0 Å². The predicted molar refractivity (Wildman–Crippen MR) is 363 cm³/mol. The van der Waals surface area contributed by atoms with Crippen LogP contribution >= 0.6 is 17.0 Å². The molecule has 0 fully saturated rings. The first-order valence-corrected chi connectivity index (χ1v) is 29.3. The molecule has 94 heavy (non-hydrogen) atoms. The quantitative estimate of drug-likeness (QED) is 0.0273. The Bertz CT molecular complexity index is 4320. The number of H-pyrrole nitrogens is 2. The molecule has 12 rings (SSSR count). The number of rotatable bonds is 14. The zero-order valence-electron chi connectivity index (χ0n) is 51.1. The van der Waals surface area contributed by atoms with Gasteiger partial charge in [0.05, 0.1) is 58.4 Å². The molecule has 2 aromatic heterocycles. The zero-order chi connectivity index (χ0) is 66.9. The van der Waals surface area contributed by atoms with Crippen molar-refractivity contribution in [3.05, 3.63) is 235 Å². The van der Waals surface area contributed by atoms with Crippen molar-refractivity contribution in [2.45, 2.75) is 52.4 Å². The van der Waals surface area contributed by atoms with E-state index in [4.69, 9.17) is 32.5 Å². The fraction of sp³-hybridized carbons (Fsp3) is 0.174. The largest absolute Gasteiger partial charge is 0.505 e. The van der Waals surface area contributed by atoms with Crippen molar-refractivity contribution in [3.63, 3.8) is 0 Å². The van der Waals surface area contributed by atoms with Gasteiger partial charge in [0.15, 0.2) is 22.9 Å². The number of nitrogens with one attached hydrogen (secondary N) is 2. The number of aromatic nitrogens is 4. The highest BCUT2D eigenvalue weighted by Crippen LogP contribution is 2.40. The van der Waals surface area contributed by atoms with Gasteiger partial charge in [-0.2, -0.15) is 0 Å². The number of hydrogen-bond acceptors (Lipinski definition) is 17. The van der Waals surface area contributed by atoms with Crippen molar-refractivity contribution in [1.82, 2.24) is 19.6 Å². The fourth-order valence-corrected chi connectivity index (χ4v) is 10.2. The summed E-state index contributed by atoms with van der Waals surface area (Å²) in [5, 5.41) is 96.9. The number of anilines is 1. The lowest BCUT2D eigenvalue weighted by molar-refractivity contribution is 0.0686. The molecule has 0 bridgehead atoms. The minimum atomic E-state index is -1.06. The molecule has 0 atom stereocenters. The van der Waals surface area contributed by atoms with Gasteiger partial charge in [-0.25, -0.2) is 23.7 Å². The number of fused-ring (bicyclic) bond motifs is 2. The Morgan fingerprint density at radius 2 is 0.787 bits per heavy atom. The molecule has 10 aromatic rings. The predicted octanol–water partition coefficient (Wildman–Crippen LogP) is 11.7. The highest BCUT2D eigenvalue weighted by atomic mass is 79.9. The van der Waals surface area contributed by atoms with Gasteiger partial charge in [-0.05, 0) is 170 Å². The van der Waals surface area contributed by atoms with Crippen LogP contribution in [0.3, 0.4) is 0 Å². The van der Waals surface area contributed by atoms with Crippen LogP contribution in [0, 0.1) is 13.8 Å². The molecular weight excluding hydrogens is 1270 g/mol. The summed E-state index contributed by atoms with van der Waals surface area (Å²) in [5.41, 5.74) is 26.6. The average molecular weight is 1340 g/mol. The van der Waals surface area contributed by atoms with Crippen molar-refractivity contribution < 1.29 is 55.2 Å². The van der Waals surface area contributed by atoms with Crippen LogP contribution in [0.15, 0.2) is 194 Å². The van der Waals surface area contributed by atoms with Gasteiger partial charge in [0, 0.05) is 29.8 Å². The second kappa shape index (κ2) is 32.8. The number of azo groups is 2. The molecule has 0 unspecified atom stereocenters. The number of benzene rings is 8. The molecule has 24 nitrogen and oxygen atoms in total. The summed E-state index contributed by atoms with van der Waals surface area (Å²) < 4.78 is 2.91. The smallest absolute Gasteiger partial charge is 0.335 e. The molecule has 16 N–H and O–H groups in total. The number of hydrogen-bond donors (Lipinski definition) is 13. The van der Waals surface area contributed by atoms with Gasteiger partial charge in [0.25, 0.3) is 11.1 Å². The van der Waals surface area contributed by atoms with E-state index in [9.17, 15) is 49.5 Å². The van der Waals surface area contributed by atoms with Crippen molar-refractivity contribution >= 4 is 63.3 Å². The zero-order valence-corrected chi connectivity index (χ0v) is 52.8. The summed E-state index contributed by atoms with van der Waals surface area (Å²) in [4.78, 5) is 59.5. The van der Waals surface area contributed by atoms with E-state index in [0.717, 1.165) is 49.9 Å². The van der Waals surface area contributed by atoms with Gasteiger partial charge in [-0.3, -0.25) is 19.8 Å². The van der Waals surface area contributed by atoms with Crippen LogP contribution in [0.1, 0.15) is 77.6 Å². The number of halogens is 1. The Morgan fingerprint density at radius 3 is 1.14 bits per heavy atom. The molecule has 0 aliphatic heterocycles. The number of aliphatic hydroxyl groups is 2. The SMILES string of the molecule is Br.Cc1[nH]n(-c2ccc3c(c2)CCC3)c(=O)c1N=Nc1cccc(-c2cccc(C(=O)O)c2)c1O.Cc1[nH]n(-c2ccc3c(c2)CCC3)c(=O)c1N=Nc1cccc(-c2cccc(C(=O)O)c2)c1O.NCCO.NCCO.Nc1cccc(-c2cccc(C(=O)O)c2)c1O. The van der Waals surface area contributed by atoms with Crippen molar-refractivity contribution in [1.29, 1.82) is 0 Å². The number of carbonyl (C=O) groups is 3. The molecule has 25 heteroatoms. The van der Waals surface area contributed by atoms with E-state index < -0.39 is 17.9 Å². The summed E-state index contributed by atoms with van der Waals surface area (Å²) in [6, 6.07) is 45.7. The Labute approximate surface area is 548 Å². The number of carboxylic acids is 3. The van der Waals surface area contributed by atoms with Gasteiger partial charge in [0.2, 0.25) is 0 Å². The van der Waals surface area contributed by atoms with Crippen LogP contribution in [-0.4, -0.2) is 105 Å². The number of nitrogens with zero attached hydrogens (tertiary/aromatic N) is 6. The maximum absolute atomic E-state index is 13.0. The molecule has 2 aliphatic carbocycles. The maximum atomic E-state index is 13.0. The number of aromatic carboxylic acids is 3. The molecule has 8 aromatic carbocycles. The number of phenolic OH excluding ortho intramolecular Hbond substituents is 3. The third-order valence-corrected chi connectivity index (χ3v) is 14.9. The monoisotopic (exact) mass is 1340 g/mol. The van der Waals surface area contributed by atoms with E-state index in [1.54, 1.807) is 105 Å². The van der Waals surface area contributed by atoms with E-state index in [1.165, 1.54) is 68.0 Å². The minimum absolute atomic E-state index is 0. The van der Waals surface area contributed by atoms with E-state index in [2.05, 4.69) is 42.8 Å². The van der Waals surface area contributed by atoms with Crippen molar-refractivity contribution in [3.8, 4) is 62.0 Å². The van der Waals surface area contributed by atoms with Crippen LogP contribution in [-0.2, 0) is 25.7 Å². The standard InChI is InChI=1S/2C26H22N4O4.C13H11NO3.2C2H7NO.BrH/c2*1-15-23(25(32)30(29-15)20-12-11-16-5-2-6-17(16)14-20)28-27-22-10-4-9-21(24(22)31)18-7-3-8-19(13-18)26(33)34;14-11-6-2-5-10(12(11)15)8-3-1-4-9(7-8)13(16)17;2*3-1-2-4;/h2*3-4,7-14,29,31H,2,5-6H2,1H3,(H,33,34);1-7,15H,14H2,(H,16,17);2*4H,1-3H2;1H. The number of aromatic hydroxyl groups is 3. The molecule has 0 saturated heterocycles. The van der Waals surface area contributed by atoms with E-state index in [1.807, 2.05) is 24.3 Å².